The first-order valence-corrected chi connectivity index (χ1v) is 5.17. The van der Waals surface area contributed by atoms with Crippen LogP contribution in [0.15, 0.2) is 24.4 Å². The number of fused-ring (bicyclic) bond motifs is 1. The Morgan fingerprint density at radius 2 is 2.13 bits per heavy atom. The number of hydrogen-bond donors (Lipinski definition) is 0. The molecule has 15 heavy (non-hydrogen) atoms. The maximum absolute atomic E-state index is 5.69. The van der Waals surface area contributed by atoms with Gasteiger partial charge in [0.2, 0.25) is 0 Å². The van der Waals surface area contributed by atoms with Crippen LogP contribution in [0.25, 0.3) is 10.9 Å². The zero-order valence-electron chi connectivity index (χ0n) is 7.95. The maximum Gasteiger partial charge on any atom is 0.167 e. The van der Waals surface area contributed by atoms with Crippen molar-refractivity contribution in [2.75, 3.05) is 7.11 Å². The first kappa shape index (κ1) is 10.5. The Bertz CT molecular complexity index is 488. The highest BCUT2D eigenvalue weighted by Crippen LogP contribution is 2.24. The van der Waals surface area contributed by atoms with E-state index in [0.717, 1.165) is 16.7 Å². The van der Waals surface area contributed by atoms with Gasteiger partial charge in [-0.05, 0) is 12.1 Å². The fourth-order valence-corrected chi connectivity index (χ4v) is 1.46. The van der Waals surface area contributed by atoms with Gasteiger partial charge in [-0.25, -0.2) is 9.97 Å². The lowest BCUT2D eigenvalue weighted by molar-refractivity contribution is 0.415. The second kappa shape index (κ2) is 4.21. The SMILES string of the molecule is COc1ccc2cnc(C(Cl)Cl)nc2c1. The summed E-state index contributed by atoms with van der Waals surface area (Å²) < 4.78 is 5.10. The summed E-state index contributed by atoms with van der Waals surface area (Å²) in [5.41, 5.74) is 0.769. The lowest BCUT2D eigenvalue weighted by atomic mass is 10.2. The van der Waals surface area contributed by atoms with Crippen molar-refractivity contribution in [1.82, 2.24) is 9.97 Å². The summed E-state index contributed by atoms with van der Waals surface area (Å²) in [5, 5.41) is 0.925. The van der Waals surface area contributed by atoms with Gasteiger partial charge in [-0.15, -0.1) is 0 Å². The molecule has 0 radical (unpaired) electrons. The molecule has 0 unspecified atom stereocenters. The molecule has 0 fully saturated rings. The molecule has 2 aromatic rings. The number of alkyl halides is 2. The van der Waals surface area contributed by atoms with E-state index in [9.17, 15) is 0 Å². The van der Waals surface area contributed by atoms with Crippen LogP contribution in [-0.2, 0) is 0 Å². The summed E-state index contributed by atoms with van der Waals surface area (Å²) in [7, 11) is 1.61. The quantitative estimate of drug-likeness (QED) is 0.760. The summed E-state index contributed by atoms with van der Waals surface area (Å²) in [6.07, 6.45) is 1.69. The van der Waals surface area contributed by atoms with Crippen molar-refractivity contribution in [3.05, 3.63) is 30.2 Å². The minimum Gasteiger partial charge on any atom is -0.497 e. The van der Waals surface area contributed by atoms with E-state index in [1.807, 2.05) is 18.2 Å². The highest BCUT2D eigenvalue weighted by Gasteiger charge is 2.07. The van der Waals surface area contributed by atoms with Crippen LogP contribution in [0, 0.1) is 0 Å². The van der Waals surface area contributed by atoms with E-state index in [2.05, 4.69) is 9.97 Å². The molecule has 0 aliphatic rings. The van der Waals surface area contributed by atoms with Crippen LogP contribution < -0.4 is 4.74 Å². The maximum atomic E-state index is 5.69. The Morgan fingerprint density at radius 3 is 2.80 bits per heavy atom. The van der Waals surface area contributed by atoms with Gasteiger partial charge in [-0.3, -0.25) is 0 Å². The third-order valence-corrected chi connectivity index (χ3v) is 2.39. The van der Waals surface area contributed by atoms with Gasteiger partial charge in [0.25, 0.3) is 0 Å². The summed E-state index contributed by atoms with van der Waals surface area (Å²) in [6.45, 7) is 0. The van der Waals surface area contributed by atoms with Crippen molar-refractivity contribution in [2.24, 2.45) is 0 Å². The number of halogens is 2. The number of ether oxygens (including phenoxy) is 1. The minimum atomic E-state index is -0.708. The molecule has 0 atom stereocenters. The van der Waals surface area contributed by atoms with Crippen molar-refractivity contribution >= 4 is 34.1 Å². The molecule has 0 saturated heterocycles. The van der Waals surface area contributed by atoms with Crippen molar-refractivity contribution < 1.29 is 4.74 Å². The third kappa shape index (κ3) is 2.13. The van der Waals surface area contributed by atoms with Crippen LogP contribution in [-0.4, -0.2) is 17.1 Å². The predicted molar refractivity (Wildman–Crippen MR) is 60.5 cm³/mol. The molecule has 1 aromatic heterocycles. The fraction of sp³-hybridized carbons (Fsp3) is 0.200. The Morgan fingerprint density at radius 1 is 1.33 bits per heavy atom. The molecule has 0 aliphatic heterocycles. The Hall–Kier alpha value is -1.06. The topological polar surface area (TPSA) is 35.0 Å². The summed E-state index contributed by atoms with van der Waals surface area (Å²) >= 11 is 11.4. The van der Waals surface area contributed by atoms with Crippen LogP contribution in [0.2, 0.25) is 0 Å². The molecule has 78 valence electrons. The minimum absolute atomic E-state index is 0.402. The largest absolute Gasteiger partial charge is 0.497 e. The van der Waals surface area contributed by atoms with E-state index in [4.69, 9.17) is 27.9 Å². The van der Waals surface area contributed by atoms with Gasteiger partial charge < -0.3 is 4.74 Å². The molecule has 0 aliphatic carbocycles. The van der Waals surface area contributed by atoms with Crippen molar-refractivity contribution in [1.29, 1.82) is 0 Å². The second-order valence-electron chi connectivity index (χ2n) is 2.95. The zero-order chi connectivity index (χ0) is 10.8. The molecular formula is C10H8Cl2N2O. The first-order chi connectivity index (χ1) is 7.20. The van der Waals surface area contributed by atoms with E-state index in [0.29, 0.717) is 5.82 Å². The van der Waals surface area contributed by atoms with Gasteiger partial charge in [0, 0.05) is 17.6 Å². The molecule has 1 heterocycles. The summed E-state index contributed by atoms with van der Waals surface area (Å²) in [5.74, 6) is 1.15. The average molecular weight is 243 g/mol. The van der Waals surface area contributed by atoms with E-state index >= 15 is 0 Å². The molecule has 0 spiro atoms. The van der Waals surface area contributed by atoms with E-state index in [1.54, 1.807) is 13.3 Å². The van der Waals surface area contributed by atoms with Crippen molar-refractivity contribution in [3.8, 4) is 5.75 Å². The molecule has 5 heteroatoms. The molecule has 0 saturated carbocycles. The molecule has 2 rings (SSSR count). The van der Waals surface area contributed by atoms with Crippen LogP contribution in [0.1, 0.15) is 10.7 Å². The highest BCUT2D eigenvalue weighted by molar-refractivity contribution is 6.43. The smallest absolute Gasteiger partial charge is 0.167 e. The van der Waals surface area contributed by atoms with Gasteiger partial charge in [-0.2, -0.15) is 0 Å². The van der Waals surface area contributed by atoms with Crippen LogP contribution >= 0.6 is 23.2 Å². The van der Waals surface area contributed by atoms with Gasteiger partial charge in [0.05, 0.1) is 12.6 Å². The lowest BCUT2D eigenvalue weighted by Gasteiger charge is -2.04. The molecule has 0 amide bonds. The number of nitrogens with zero attached hydrogens (tertiary/aromatic N) is 2. The average Bonchev–Trinajstić information content (AvgIpc) is 2.27. The number of hydrogen-bond acceptors (Lipinski definition) is 3. The number of methoxy groups -OCH3 is 1. The molecule has 0 N–H and O–H groups in total. The number of benzene rings is 1. The number of rotatable bonds is 2. The van der Waals surface area contributed by atoms with E-state index < -0.39 is 4.84 Å². The first-order valence-electron chi connectivity index (χ1n) is 4.29. The fourth-order valence-electron chi connectivity index (χ4n) is 1.25. The van der Waals surface area contributed by atoms with Gasteiger partial charge in [0.1, 0.15) is 5.75 Å². The molecule has 1 aromatic carbocycles. The Balaban J connectivity index is 2.57. The van der Waals surface area contributed by atoms with Crippen molar-refractivity contribution in [3.63, 3.8) is 0 Å². The van der Waals surface area contributed by atoms with Crippen molar-refractivity contribution in [2.45, 2.75) is 4.84 Å². The standard InChI is InChI=1S/C10H8Cl2N2O/c1-15-7-3-2-6-5-13-10(9(11)12)14-8(6)4-7/h2-5,9H,1H3. The van der Waals surface area contributed by atoms with Gasteiger partial charge in [-0.1, -0.05) is 23.2 Å². The van der Waals surface area contributed by atoms with Gasteiger partial charge in [0.15, 0.2) is 10.7 Å². The zero-order valence-corrected chi connectivity index (χ0v) is 9.46. The monoisotopic (exact) mass is 242 g/mol. The van der Waals surface area contributed by atoms with Crippen LogP contribution in [0.5, 0.6) is 5.75 Å². The summed E-state index contributed by atoms with van der Waals surface area (Å²) in [4.78, 5) is 7.57. The van der Waals surface area contributed by atoms with Crippen LogP contribution in [0.3, 0.4) is 0 Å². The number of aromatic nitrogens is 2. The van der Waals surface area contributed by atoms with Crippen LogP contribution in [0.4, 0.5) is 0 Å². The highest BCUT2D eigenvalue weighted by atomic mass is 35.5. The van der Waals surface area contributed by atoms with Gasteiger partial charge >= 0.3 is 0 Å². The third-order valence-electron chi connectivity index (χ3n) is 2.00. The summed E-state index contributed by atoms with van der Waals surface area (Å²) in [6, 6.07) is 5.55. The van der Waals surface area contributed by atoms with E-state index in [1.165, 1.54) is 0 Å². The predicted octanol–water partition coefficient (Wildman–Crippen LogP) is 3.11. The molecular weight excluding hydrogens is 235 g/mol. The Kier molecular flexibility index (Phi) is 2.93. The van der Waals surface area contributed by atoms with E-state index in [-0.39, 0.29) is 0 Å². The normalized spacial score (nSPS) is 10.9. The lowest BCUT2D eigenvalue weighted by Crippen LogP contribution is -1.94. The molecule has 0 bridgehead atoms. The second-order valence-corrected chi connectivity index (χ2v) is 4.05. The molecule has 3 nitrogen and oxygen atoms in total. The Labute approximate surface area is 97.0 Å².